The third-order valence-corrected chi connectivity index (χ3v) is 1.95. The number of hydrogen-bond acceptors (Lipinski definition) is 4. The number of hydrogen-bond donors (Lipinski definition) is 0. The van der Waals surface area contributed by atoms with E-state index in [0.717, 1.165) is 12.8 Å². The highest BCUT2D eigenvalue weighted by Gasteiger charge is 2.27. The Bertz CT molecular complexity index is 214. The van der Waals surface area contributed by atoms with Crippen molar-refractivity contribution in [1.82, 2.24) is 0 Å². The number of methoxy groups -OCH3 is 1. The third-order valence-electron chi connectivity index (χ3n) is 1.95. The molecule has 5 heteroatoms. The summed E-state index contributed by atoms with van der Waals surface area (Å²) >= 11 is 0. The van der Waals surface area contributed by atoms with Crippen LogP contribution in [0.4, 0.5) is 0 Å². The van der Waals surface area contributed by atoms with Gasteiger partial charge >= 0.3 is 0 Å². The zero-order valence-corrected chi connectivity index (χ0v) is 7.56. The van der Waals surface area contributed by atoms with Gasteiger partial charge in [0.05, 0.1) is 4.92 Å². The second kappa shape index (κ2) is 4.94. The summed E-state index contributed by atoms with van der Waals surface area (Å²) in [6, 6.07) is 0. The topological polar surface area (TPSA) is 61.6 Å². The third kappa shape index (κ3) is 2.78. The minimum absolute atomic E-state index is 0.107. The molecule has 5 nitrogen and oxygen atoms in total. The minimum Gasteiger partial charge on any atom is -0.359 e. The molecule has 0 unspecified atom stereocenters. The summed E-state index contributed by atoms with van der Waals surface area (Å²) in [6.45, 7) is 0.107. The van der Waals surface area contributed by atoms with E-state index in [2.05, 4.69) is 0 Å². The van der Waals surface area contributed by atoms with E-state index >= 15 is 0 Å². The fourth-order valence-electron chi connectivity index (χ4n) is 1.34. The van der Waals surface area contributed by atoms with Gasteiger partial charge in [-0.15, -0.1) is 0 Å². The van der Waals surface area contributed by atoms with Crippen molar-refractivity contribution in [1.29, 1.82) is 0 Å². The Morgan fingerprint density at radius 2 is 2.54 bits per heavy atom. The van der Waals surface area contributed by atoms with E-state index in [1.54, 1.807) is 6.08 Å². The summed E-state index contributed by atoms with van der Waals surface area (Å²) in [4.78, 5) is 10.2. The smallest absolute Gasteiger partial charge is 0.270 e. The second-order valence-electron chi connectivity index (χ2n) is 2.88. The van der Waals surface area contributed by atoms with Crippen molar-refractivity contribution >= 4 is 0 Å². The number of nitrogens with zero attached hydrogens (tertiary/aromatic N) is 1. The molecule has 0 heterocycles. The molecular weight excluding hydrogens is 174 g/mol. The molecule has 74 valence electrons. The summed E-state index contributed by atoms with van der Waals surface area (Å²) in [6.07, 6.45) is 3.64. The monoisotopic (exact) mass is 187 g/mol. The van der Waals surface area contributed by atoms with Gasteiger partial charge in [-0.25, -0.2) is 0 Å². The predicted octanol–water partition coefficient (Wildman–Crippen LogP) is 1.32. The molecule has 1 atom stereocenters. The Morgan fingerprint density at radius 3 is 3.15 bits per heavy atom. The van der Waals surface area contributed by atoms with Crippen molar-refractivity contribution in [2.75, 3.05) is 13.9 Å². The van der Waals surface area contributed by atoms with Crippen LogP contribution in [0.1, 0.15) is 19.3 Å². The molecule has 1 aliphatic rings. The summed E-state index contributed by atoms with van der Waals surface area (Å²) in [5.41, 5.74) is 0.170. The average Bonchev–Trinajstić information content (AvgIpc) is 2.15. The van der Waals surface area contributed by atoms with Gasteiger partial charge in [-0.05, 0) is 25.3 Å². The fourth-order valence-corrected chi connectivity index (χ4v) is 1.34. The van der Waals surface area contributed by atoms with Crippen LogP contribution in [0.25, 0.3) is 0 Å². The lowest BCUT2D eigenvalue weighted by Crippen LogP contribution is -2.24. The first kappa shape index (κ1) is 10.1. The normalized spacial score (nSPS) is 22.5. The number of rotatable bonds is 4. The maximum atomic E-state index is 10.5. The quantitative estimate of drug-likeness (QED) is 0.378. The lowest BCUT2D eigenvalue weighted by Gasteiger charge is -2.17. The van der Waals surface area contributed by atoms with Crippen LogP contribution in [0, 0.1) is 10.1 Å². The van der Waals surface area contributed by atoms with Gasteiger partial charge in [0.2, 0.25) is 0 Å². The standard InChI is InChI=1S/C8H13NO4/c1-12-6-13-8-5-3-2-4-7(8)9(10)11/h4,8H,2-3,5-6H2,1H3/t8-/m1/s1. The first-order valence-corrected chi connectivity index (χ1v) is 4.20. The predicted molar refractivity (Wildman–Crippen MR) is 45.7 cm³/mol. The van der Waals surface area contributed by atoms with E-state index in [9.17, 15) is 10.1 Å². The number of nitro groups is 1. The van der Waals surface area contributed by atoms with Gasteiger partial charge in [-0.3, -0.25) is 10.1 Å². The van der Waals surface area contributed by atoms with Gasteiger partial charge in [0.1, 0.15) is 6.79 Å². The lowest BCUT2D eigenvalue weighted by atomic mass is 10.0. The first-order valence-electron chi connectivity index (χ1n) is 4.20. The Kier molecular flexibility index (Phi) is 3.85. The van der Waals surface area contributed by atoms with Crippen molar-refractivity contribution in [3.63, 3.8) is 0 Å². The van der Waals surface area contributed by atoms with Crippen molar-refractivity contribution in [2.45, 2.75) is 25.4 Å². The van der Waals surface area contributed by atoms with Gasteiger partial charge in [-0.2, -0.15) is 0 Å². The zero-order valence-electron chi connectivity index (χ0n) is 7.56. The summed E-state index contributed by atoms with van der Waals surface area (Å²) in [5, 5.41) is 10.5. The molecule has 0 amide bonds. The molecule has 1 aliphatic carbocycles. The van der Waals surface area contributed by atoms with E-state index in [-0.39, 0.29) is 17.4 Å². The minimum atomic E-state index is -0.399. The van der Waals surface area contributed by atoms with Gasteiger partial charge in [0.25, 0.3) is 5.70 Å². The van der Waals surface area contributed by atoms with Gasteiger partial charge < -0.3 is 9.47 Å². The van der Waals surface area contributed by atoms with E-state index in [1.807, 2.05) is 0 Å². The van der Waals surface area contributed by atoms with Crippen LogP contribution in [0.3, 0.4) is 0 Å². The molecule has 13 heavy (non-hydrogen) atoms. The van der Waals surface area contributed by atoms with E-state index < -0.39 is 6.10 Å². The molecule has 0 bridgehead atoms. The van der Waals surface area contributed by atoms with E-state index in [0.29, 0.717) is 6.42 Å². The zero-order chi connectivity index (χ0) is 9.68. The second-order valence-corrected chi connectivity index (χ2v) is 2.88. The molecular formula is C8H13NO4. The molecule has 0 radical (unpaired) electrons. The molecule has 0 saturated heterocycles. The van der Waals surface area contributed by atoms with Crippen molar-refractivity contribution in [3.8, 4) is 0 Å². The Labute approximate surface area is 76.5 Å². The van der Waals surface area contributed by atoms with Crippen LogP contribution in [-0.4, -0.2) is 24.9 Å². The maximum Gasteiger partial charge on any atom is 0.270 e. The average molecular weight is 187 g/mol. The molecule has 0 aliphatic heterocycles. The van der Waals surface area contributed by atoms with Crippen molar-refractivity contribution < 1.29 is 14.4 Å². The highest BCUT2D eigenvalue weighted by molar-refractivity contribution is 5.02. The highest BCUT2D eigenvalue weighted by atomic mass is 16.7. The Morgan fingerprint density at radius 1 is 1.77 bits per heavy atom. The van der Waals surface area contributed by atoms with E-state index in [4.69, 9.17) is 9.47 Å². The van der Waals surface area contributed by atoms with Crippen LogP contribution < -0.4 is 0 Å². The molecule has 0 aromatic rings. The van der Waals surface area contributed by atoms with Gasteiger partial charge in [0, 0.05) is 7.11 Å². The first-order chi connectivity index (χ1) is 6.25. The molecule has 0 spiro atoms. The summed E-state index contributed by atoms with van der Waals surface area (Å²) < 4.78 is 9.87. The van der Waals surface area contributed by atoms with Gasteiger partial charge in [-0.1, -0.05) is 0 Å². The van der Waals surface area contributed by atoms with Crippen molar-refractivity contribution in [2.24, 2.45) is 0 Å². The van der Waals surface area contributed by atoms with Crippen LogP contribution >= 0.6 is 0 Å². The van der Waals surface area contributed by atoms with Gasteiger partial charge in [0.15, 0.2) is 6.10 Å². The highest BCUT2D eigenvalue weighted by Crippen LogP contribution is 2.21. The van der Waals surface area contributed by atoms with Crippen LogP contribution in [0.5, 0.6) is 0 Å². The van der Waals surface area contributed by atoms with Crippen LogP contribution in [0.15, 0.2) is 11.8 Å². The molecule has 0 N–H and O–H groups in total. The SMILES string of the molecule is COCO[C@@H]1CCCC=C1[N+](=O)[O-]. The molecule has 1 rings (SSSR count). The largest absolute Gasteiger partial charge is 0.359 e. The molecule has 0 saturated carbocycles. The summed E-state index contributed by atoms with van der Waals surface area (Å²) in [7, 11) is 1.50. The number of allylic oxidation sites excluding steroid dienone is 1. The Hall–Kier alpha value is -0.940. The maximum absolute atomic E-state index is 10.5. The molecule has 0 fully saturated rings. The Balaban J connectivity index is 2.54. The van der Waals surface area contributed by atoms with E-state index in [1.165, 1.54) is 7.11 Å². The number of ether oxygens (including phenoxy) is 2. The van der Waals surface area contributed by atoms with Crippen LogP contribution in [0.2, 0.25) is 0 Å². The van der Waals surface area contributed by atoms with Crippen molar-refractivity contribution in [3.05, 3.63) is 21.9 Å². The lowest BCUT2D eigenvalue weighted by molar-refractivity contribution is -0.439. The molecule has 0 aromatic heterocycles. The fraction of sp³-hybridized carbons (Fsp3) is 0.750. The molecule has 0 aromatic carbocycles. The summed E-state index contributed by atoms with van der Waals surface area (Å²) in [5.74, 6) is 0. The van der Waals surface area contributed by atoms with Crippen LogP contribution in [-0.2, 0) is 9.47 Å².